The van der Waals surface area contributed by atoms with Crippen LogP contribution in [0, 0.1) is 23.7 Å². The first-order valence-corrected chi connectivity index (χ1v) is 6.99. The third-order valence-electron chi connectivity index (χ3n) is 2.47. The van der Waals surface area contributed by atoms with Crippen molar-refractivity contribution < 1.29 is 5.11 Å². The molecule has 0 aromatic rings. The number of aliphatic hydroxyl groups is 1. The van der Waals surface area contributed by atoms with Gasteiger partial charge in [0.05, 0.1) is 5.25 Å². The standard InChI is InChI=1S/C15H24OS/c1-4-6-8-10-12-15(16,14(3)17)13-11-9-7-5-2/h14,16-17H,4-9H2,1-3H3. The van der Waals surface area contributed by atoms with E-state index in [4.69, 9.17) is 0 Å². The summed E-state index contributed by atoms with van der Waals surface area (Å²) < 4.78 is 0. The van der Waals surface area contributed by atoms with Crippen LogP contribution in [-0.4, -0.2) is 16.0 Å². The maximum Gasteiger partial charge on any atom is 0.198 e. The molecule has 0 fully saturated rings. The number of thiol groups is 1. The highest BCUT2D eigenvalue weighted by Gasteiger charge is 2.26. The van der Waals surface area contributed by atoms with Crippen LogP contribution in [0.3, 0.4) is 0 Å². The minimum Gasteiger partial charge on any atom is -0.366 e. The van der Waals surface area contributed by atoms with Gasteiger partial charge in [-0.05, 0) is 19.8 Å². The predicted octanol–water partition coefficient (Wildman–Crippen LogP) is 3.42. The zero-order valence-corrected chi connectivity index (χ0v) is 12.1. The van der Waals surface area contributed by atoms with E-state index in [1.807, 2.05) is 6.92 Å². The number of rotatable bonds is 5. The molecular weight excluding hydrogens is 228 g/mol. The van der Waals surface area contributed by atoms with Crippen LogP contribution in [0.2, 0.25) is 0 Å². The van der Waals surface area contributed by atoms with Crippen LogP contribution in [0.4, 0.5) is 0 Å². The minimum absolute atomic E-state index is 0.259. The second-order valence-electron chi connectivity index (χ2n) is 4.25. The molecule has 2 heteroatoms. The van der Waals surface area contributed by atoms with Gasteiger partial charge >= 0.3 is 0 Å². The first-order valence-electron chi connectivity index (χ1n) is 6.47. The third-order valence-corrected chi connectivity index (χ3v) is 2.85. The van der Waals surface area contributed by atoms with E-state index in [0.29, 0.717) is 0 Å². The molecule has 0 saturated carbocycles. The van der Waals surface area contributed by atoms with Crippen molar-refractivity contribution in [3.8, 4) is 23.7 Å². The Bertz CT molecular complexity index is 285. The van der Waals surface area contributed by atoms with Crippen molar-refractivity contribution in [3.05, 3.63) is 0 Å². The highest BCUT2D eigenvalue weighted by atomic mass is 32.1. The number of hydrogen-bond acceptors (Lipinski definition) is 2. The van der Waals surface area contributed by atoms with Crippen molar-refractivity contribution in [1.82, 2.24) is 0 Å². The topological polar surface area (TPSA) is 20.2 Å². The molecule has 0 aliphatic heterocycles. The molecule has 1 nitrogen and oxygen atoms in total. The lowest BCUT2D eigenvalue weighted by molar-refractivity contribution is 0.165. The molecule has 1 N–H and O–H groups in total. The Balaban J connectivity index is 4.52. The Hall–Kier alpha value is -0.570. The van der Waals surface area contributed by atoms with Crippen molar-refractivity contribution in [3.63, 3.8) is 0 Å². The average molecular weight is 252 g/mol. The maximum absolute atomic E-state index is 10.3. The lowest BCUT2D eigenvalue weighted by Crippen LogP contribution is -2.34. The Labute approximate surface area is 112 Å². The van der Waals surface area contributed by atoms with Gasteiger partial charge in [0.1, 0.15) is 0 Å². The van der Waals surface area contributed by atoms with Crippen LogP contribution in [-0.2, 0) is 0 Å². The van der Waals surface area contributed by atoms with Crippen molar-refractivity contribution >= 4 is 12.6 Å². The largest absolute Gasteiger partial charge is 0.366 e. The second-order valence-corrected chi connectivity index (χ2v) is 5.03. The van der Waals surface area contributed by atoms with E-state index >= 15 is 0 Å². The maximum atomic E-state index is 10.3. The molecule has 0 aromatic heterocycles. The Morgan fingerprint density at radius 2 is 1.47 bits per heavy atom. The summed E-state index contributed by atoms with van der Waals surface area (Å²) >= 11 is 4.27. The highest BCUT2D eigenvalue weighted by Crippen LogP contribution is 2.14. The molecule has 1 unspecified atom stereocenters. The monoisotopic (exact) mass is 252 g/mol. The van der Waals surface area contributed by atoms with Crippen LogP contribution in [0.15, 0.2) is 0 Å². The molecule has 0 saturated heterocycles. The molecule has 17 heavy (non-hydrogen) atoms. The van der Waals surface area contributed by atoms with Gasteiger partial charge in [0.25, 0.3) is 0 Å². The van der Waals surface area contributed by atoms with Crippen molar-refractivity contribution in [2.24, 2.45) is 0 Å². The number of hydrogen-bond donors (Lipinski definition) is 2. The fourth-order valence-electron chi connectivity index (χ4n) is 1.16. The number of unbranched alkanes of at least 4 members (excludes halogenated alkanes) is 4. The summed E-state index contributed by atoms with van der Waals surface area (Å²) in [4.78, 5) is 0. The van der Waals surface area contributed by atoms with E-state index in [9.17, 15) is 5.11 Å². The summed E-state index contributed by atoms with van der Waals surface area (Å²) in [6.07, 6.45) is 5.99. The Morgan fingerprint density at radius 1 is 1.06 bits per heavy atom. The molecular formula is C15H24OS. The van der Waals surface area contributed by atoms with E-state index in [1.54, 1.807) is 0 Å². The molecule has 0 aliphatic carbocycles. The zero-order valence-electron chi connectivity index (χ0n) is 11.2. The van der Waals surface area contributed by atoms with Gasteiger partial charge in [-0.1, -0.05) is 50.4 Å². The molecule has 0 aliphatic rings. The molecule has 0 rings (SSSR count). The SMILES string of the molecule is CCCCC#CC(O)(C#CCCCC)C(C)S. The quantitative estimate of drug-likeness (QED) is 0.436. The molecule has 0 heterocycles. The Morgan fingerprint density at radius 3 is 1.76 bits per heavy atom. The lowest BCUT2D eigenvalue weighted by Gasteiger charge is -2.19. The fraction of sp³-hybridized carbons (Fsp3) is 0.733. The molecule has 0 aromatic carbocycles. The van der Waals surface area contributed by atoms with E-state index < -0.39 is 5.60 Å². The molecule has 0 bridgehead atoms. The molecule has 0 radical (unpaired) electrons. The summed E-state index contributed by atoms with van der Waals surface area (Å²) in [5, 5.41) is 10.0. The Kier molecular flexibility index (Phi) is 9.14. The van der Waals surface area contributed by atoms with Gasteiger partial charge in [-0.15, -0.1) is 0 Å². The zero-order chi connectivity index (χ0) is 13.1. The first-order chi connectivity index (χ1) is 8.06. The van der Waals surface area contributed by atoms with Crippen LogP contribution in [0.5, 0.6) is 0 Å². The van der Waals surface area contributed by atoms with E-state index in [2.05, 4.69) is 50.2 Å². The summed E-state index contributed by atoms with van der Waals surface area (Å²) in [7, 11) is 0. The van der Waals surface area contributed by atoms with Crippen molar-refractivity contribution in [2.45, 2.75) is 70.1 Å². The van der Waals surface area contributed by atoms with Gasteiger partial charge in [-0.2, -0.15) is 12.6 Å². The van der Waals surface area contributed by atoms with E-state index in [1.165, 1.54) is 0 Å². The van der Waals surface area contributed by atoms with Crippen molar-refractivity contribution in [1.29, 1.82) is 0 Å². The molecule has 0 amide bonds. The first kappa shape index (κ1) is 16.4. The summed E-state index contributed by atoms with van der Waals surface area (Å²) in [6.45, 7) is 6.07. The lowest BCUT2D eigenvalue weighted by atomic mass is 10.0. The van der Waals surface area contributed by atoms with Crippen LogP contribution in [0.25, 0.3) is 0 Å². The smallest absolute Gasteiger partial charge is 0.198 e. The minimum atomic E-state index is -1.26. The third kappa shape index (κ3) is 7.37. The van der Waals surface area contributed by atoms with Crippen LogP contribution < -0.4 is 0 Å². The van der Waals surface area contributed by atoms with Gasteiger partial charge in [-0.25, -0.2) is 0 Å². The predicted molar refractivity (Wildman–Crippen MR) is 78.0 cm³/mol. The molecule has 96 valence electrons. The summed E-state index contributed by atoms with van der Waals surface area (Å²) in [5.74, 6) is 11.7. The molecule has 0 spiro atoms. The van der Waals surface area contributed by atoms with E-state index in [0.717, 1.165) is 38.5 Å². The van der Waals surface area contributed by atoms with Gasteiger partial charge in [0.2, 0.25) is 0 Å². The van der Waals surface area contributed by atoms with Crippen LogP contribution in [0.1, 0.15) is 59.3 Å². The van der Waals surface area contributed by atoms with Crippen molar-refractivity contribution in [2.75, 3.05) is 0 Å². The van der Waals surface area contributed by atoms with E-state index in [-0.39, 0.29) is 5.25 Å². The fourth-order valence-corrected chi connectivity index (χ4v) is 1.29. The highest BCUT2D eigenvalue weighted by molar-refractivity contribution is 7.81. The summed E-state index contributed by atoms with van der Waals surface area (Å²) in [6, 6.07) is 0. The van der Waals surface area contributed by atoms with Gasteiger partial charge in [0.15, 0.2) is 5.60 Å². The normalized spacial score (nSPS) is 12.1. The van der Waals surface area contributed by atoms with Crippen LogP contribution >= 0.6 is 12.6 Å². The summed E-state index contributed by atoms with van der Waals surface area (Å²) in [5.41, 5.74) is -1.26. The van der Waals surface area contributed by atoms with Gasteiger partial charge in [0, 0.05) is 12.8 Å². The van der Waals surface area contributed by atoms with Gasteiger partial charge in [-0.3, -0.25) is 0 Å². The average Bonchev–Trinajstić information content (AvgIpc) is 2.30. The second kappa shape index (κ2) is 9.46. The van der Waals surface area contributed by atoms with Gasteiger partial charge < -0.3 is 5.11 Å². The molecule has 1 atom stereocenters.